The Morgan fingerprint density at radius 1 is 1.69 bits per heavy atom. The Hall–Kier alpha value is -0.940. The normalized spacial score (nSPS) is 15.7. The topological polar surface area (TPSA) is 60.2 Å². The molecule has 0 radical (unpaired) electrons. The summed E-state index contributed by atoms with van der Waals surface area (Å²) in [5.41, 5.74) is 0.713. The fourth-order valence-corrected chi connectivity index (χ4v) is 1.21. The van der Waals surface area contributed by atoms with Crippen molar-refractivity contribution >= 4 is 0 Å². The number of methoxy groups -OCH3 is 1. The first-order valence-electron chi connectivity index (χ1n) is 4.18. The van der Waals surface area contributed by atoms with Gasteiger partial charge in [0.05, 0.1) is 18.5 Å². The van der Waals surface area contributed by atoms with Crippen LogP contribution in [0.4, 0.5) is 0 Å². The number of ether oxygens (including phenoxy) is 1. The third kappa shape index (κ3) is 2.26. The maximum Gasteiger partial charge on any atom is 0.102 e. The first kappa shape index (κ1) is 10.1. The van der Waals surface area contributed by atoms with Crippen LogP contribution in [-0.4, -0.2) is 33.8 Å². The summed E-state index contributed by atoms with van der Waals surface area (Å²) in [4.78, 5) is 0. The van der Waals surface area contributed by atoms with Crippen LogP contribution in [0.3, 0.4) is 0 Å². The predicted octanol–water partition coefficient (Wildman–Crippen LogP) is 0.131. The number of aromatic nitrogens is 3. The fraction of sp³-hybridized carbons (Fsp3) is 0.750. The van der Waals surface area contributed by atoms with Gasteiger partial charge in [0.2, 0.25) is 0 Å². The third-order valence-corrected chi connectivity index (χ3v) is 2.02. The molecule has 0 saturated heterocycles. The smallest absolute Gasteiger partial charge is 0.102 e. The molecule has 1 N–H and O–H groups in total. The van der Waals surface area contributed by atoms with Crippen LogP contribution in [0.5, 0.6) is 0 Å². The molecule has 5 heteroatoms. The summed E-state index contributed by atoms with van der Waals surface area (Å²) in [5, 5.41) is 17.3. The van der Waals surface area contributed by atoms with Crippen LogP contribution in [-0.2, 0) is 11.8 Å². The van der Waals surface area contributed by atoms with E-state index in [9.17, 15) is 5.11 Å². The van der Waals surface area contributed by atoms with Crippen molar-refractivity contribution in [2.45, 2.75) is 13.0 Å². The Bertz CT molecular complexity index is 262. The Balaban J connectivity index is 2.67. The minimum atomic E-state index is -0.569. The number of nitrogens with zero attached hydrogens (tertiary/aromatic N) is 3. The van der Waals surface area contributed by atoms with E-state index in [4.69, 9.17) is 4.74 Å². The number of aryl methyl sites for hydroxylation is 1. The van der Waals surface area contributed by atoms with Crippen molar-refractivity contribution in [3.8, 4) is 0 Å². The second kappa shape index (κ2) is 4.34. The summed E-state index contributed by atoms with van der Waals surface area (Å²) in [6, 6.07) is 0. The molecule has 74 valence electrons. The van der Waals surface area contributed by atoms with Crippen LogP contribution in [0.2, 0.25) is 0 Å². The summed E-state index contributed by atoms with van der Waals surface area (Å²) in [6.45, 7) is 2.44. The second-order valence-corrected chi connectivity index (χ2v) is 3.16. The highest BCUT2D eigenvalue weighted by molar-refractivity contribution is 4.99. The average Bonchev–Trinajstić information content (AvgIpc) is 2.50. The predicted molar refractivity (Wildman–Crippen MR) is 47.0 cm³/mol. The van der Waals surface area contributed by atoms with Gasteiger partial charge in [0, 0.05) is 20.1 Å². The molecule has 1 aromatic heterocycles. The van der Waals surface area contributed by atoms with Gasteiger partial charge < -0.3 is 9.84 Å². The molecule has 0 fully saturated rings. The molecule has 2 unspecified atom stereocenters. The quantitative estimate of drug-likeness (QED) is 0.724. The minimum absolute atomic E-state index is 0.0437. The van der Waals surface area contributed by atoms with E-state index in [1.165, 1.54) is 0 Å². The van der Waals surface area contributed by atoms with Crippen molar-refractivity contribution < 1.29 is 9.84 Å². The minimum Gasteiger partial charge on any atom is -0.386 e. The number of hydrogen-bond donors (Lipinski definition) is 1. The molecule has 2 atom stereocenters. The number of hydrogen-bond acceptors (Lipinski definition) is 4. The van der Waals surface area contributed by atoms with Crippen LogP contribution >= 0.6 is 0 Å². The van der Waals surface area contributed by atoms with E-state index in [0.717, 1.165) is 0 Å². The monoisotopic (exact) mass is 185 g/mol. The summed E-state index contributed by atoms with van der Waals surface area (Å²) >= 11 is 0. The lowest BCUT2D eigenvalue weighted by molar-refractivity contribution is 0.0517. The first-order valence-corrected chi connectivity index (χ1v) is 4.18. The summed E-state index contributed by atoms with van der Waals surface area (Å²) in [7, 11) is 3.37. The highest BCUT2D eigenvalue weighted by Crippen LogP contribution is 2.19. The molecule has 1 rings (SSSR count). The molecule has 0 aliphatic rings. The third-order valence-electron chi connectivity index (χ3n) is 2.02. The standard InChI is InChI=1S/C8H15N3O2/c1-6(5-13-3)8(12)7-4-9-10-11(7)2/h4,6,8,12H,5H2,1-3H3. The van der Waals surface area contributed by atoms with Gasteiger partial charge in [-0.1, -0.05) is 12.1 Å². The van der Waals surface area contributed by atoms with E-state index in [-0.39, 0.29) is 5.92 Å². The Labute approximate surface area is 77.3 Å². The zero-order valence-corrected chi connectivity index (χ0v) is 8.14. The van der Waals surface area contributed by atoms with Crippen molar-refractivity contribution in [2.75, 3.05) is 13.7 Å². The molecule has 0 bridgehead atoms. The lowest BCUT2D eigenvalue weighted by Gasteiger charge is -2.17. The van der Waals surface area contributed by atoms with Crippen LogP contribution < -0.4 is 0 Å². The molecule has 0 aromatic carbocycles. The molecule has 0 spiro atoms. The number of rotatable bonds is 4. The molecular formula is C8H15N3O2. The van der Waals surface area contributed by atoms with Crippen molar-refractivity contribution in [2.24, 2.45) is 13.0 Å². The molecule has 13 heavy (non-hydrogen) atoms. The highest BCUT2D eigenvalue weighted by Gasteiger charge is 2.19. The van der Waals surface area contributed by atoms with Gasteiger partial charge in [0.15, 0.2) is 0 Å². The Kier molecular flexibility index (Phi) is 3.39. The van der Waals surface area contributed by atoms with Crippen LogP contribution in [0.1, 0.15) is 18.7 Å². The SMILES string of the molecule is COCC(C)C(O)c1cnnn1C. The van der Waals surface area contributed by atoms with Gasteiger partial charge >= 0.3 is 0 Å². The zero-order valence-electron chi connectivity index (χ0n) is 8.14. The van der Waals surface area contributed by atoms with E-state index in [1.54, 1.807) is 25.0 Å². The highest BCUT2D eigenvalue weighted by atomic mass is 16.5. The molecular weight excluding hydrogens is 170 g/mol. The maximum absolute atomic E-state index is 9.81. The maximum atomic E-state index is 9.81. The van der Waals surface area contributed by atoms with Crippen molar-refractivity contribution in [3.05, 3.63) is 11.9 Å². The summed E-state index contributed by atoms with van der Waals surface area (Å²) < 4.78 is 6.52. The van der Waals surface area contributed by atoms with Crippen LogP contribution in [0.25, 0.3) is 0 Å². The van der Waals surface area contributed by atoms with Crippen molar-refractivity contribution in [1.82, 2.24) is 15.0 Å². The van der Waals surface area contributed by atoms with Gasteiger partial charge in [-0.25, -0.2) is 4.68 Å². The lowest BCUT2D eigenvalue weighted by Crippen LogP contribution is -2.17. The molecule has 1 heterocycles. The van der Waals surface area contributed by atoms with E-state index < -0.39 is 6.10 Å². The Morgan fingerprint density at radius 2 is 2.38 bits per heavy atom. The second-order valence-electron chi connectivity index (χ2n) is 3.16. The zero-order chi connectivity index (χ0) is 9.84. The summed E-state index contributed by atoms with van der Waals surface area (Å²) in [6.07, 6.45) is 0.997. The van der Waals surface area contributed by atoms with Crippen molar-refractivity contribution in [3.63, 3.8) is 0 Å². The molecule has 1 aromatic rings. The van der Waals surface area contributed by atoms with Gasteiger partial charge in [-0.15, -0.1) is 5.10 Å². The molecule has 0 amide bonds. The lowest BCUT2D eigenvalue weighted by atomic mass is 10.0. The molecule has 0 saturated carbocycles. The van der Waals surface area contributed by atoms with Crippen LogP contribution in [0, 0.1) is 5.92 Å². The first-order chi connectivity index (χ1) is 6.16. The van der Waals surface area contributed by atoms with E-state index in [1.807, 2.05) is 6.92 Å². The van der Waals surface area contributed by atoms with Crippen molar-refractivity contribution in [1.29, 1.82) is 0 Å². The largest absolute Gasteiger partial charge is 0.386 e. The molecule has 0 aliphatic heterocycles. The van der Waals surface area contributed by atoms with E-state index >= 15 is 0 Å². The fourth-order valence-electron chi connectivity index (χ4n) is 1.21. The van der Waals surface area contributed by atoms with E-state index in [0.29, 0.717) is 12.3 Å². The molecule has 0 aliphatic carbocycles. The average molecular weight is 185 g/mol. The number of aliphatic hydroxyl groups is 1. The van der Waals surface area contributed by atoms with Gasteiger partial charge in [-0.3, -0.25) is 0 Å². The molecule has 5 nitrogen and oxygen atoms in total. The Morgan fingerprint density at radius 3 is 2.85 bits per heavy atom. The van der Waals surface area contributed by atoms with Gasteiger partial charge in [-0.2, -0.15) is 0 Å². The van der Waals surface area contributed by atoms with E-state index in [2.05, 4.69) is 10.3 Å². The summed E-state index contributed by atoms with van der Waals surface area (Å²) in [5.74, 6) is 0.0437. The van der Waals surface area contributed by atoms with Crippen LogP contribution in [0.15, 0.2) is 6.20 Å². The van der Waals surface area contributed by atoms with Gasteiger partial charge in [0.25, 0.3) is 0 Å². The number of aliphatic hydroxyl groups excluding tert-OH is 1. The van der Waals surface area contributed by atoms with Gasteiger partial charge in [0.1, 0.15) is 6.10 Å². The van der Waals surface area contributed by atoms with Gasteiger partial charge in [-0.05, 0) is 0 Å².